The zero-order chi connectivity index (χ0) is 10.3. The lowest BCUT2D eigenvalue weighted by Crippen LogP contribution is -1.84. The molecule has 0 fully saturated rings. The van der Waals surface area contributed by atoms with Crippen molar-refractivity contribution in [3.63, 3.8) is 0 Å². The molecule has 0 aromatic heterocycles. The van der Waals surface area contributed by atoms with Crippen molar-refractivity contribution in [2.24, 2.45) is 0 Å². The number of rotatable bonds is 5. The van der Waals surface area contributed by atoms with Gasteiger partial charge < -0.3 is 4.74 Å². The predicted molar refractivity (Wildman–Crippen MR) is 58.1 cm³/mol. The molecule has 0 rings (SSSR count). The van der Waals surface area contributed by atoms with E-state index in [1.807, 2.05) is 26.0 Å². The van der Waals surface area contributed by atoms with Crippen LogP contribution in [-0.2, 0) is 4.74 Å². The number of hydrogen-bond acceptors (Lipinski definition) is 1. The third-order valence-electron chi connectivity index (χ3n) is 1.17. The Morgan fingerprint density at radius 1 is 1.00 bits per heavy atom. The highest BCUT2D eigenvalue weighted by Gasteiger charge is 1.90. The molecule has 0 heterocycles. The Bertz CT molecular complexity index is 267. The van der Waals surface area contributed by atoms with Crippen molar-refractivity contribution in [1.29, 1.82) is 0 Å². The van der Waals surface area contributed by atoms with E-state index < -0.39 is 0 Å². The summed E-state index contributed by atoms with van der Waals surface area (Å²) in [5.74, 6) is 1.14. The fourth-order valence-electron chi connectivity index (χ4n) is 0.658. The first-order chi connectivity index (χ1) is 6.06. The first-order valence-electron chi connectivity index (χ1n) is 4.08. The zero-order valence-electron chi connectivity index (χ0n) is 8.34. The van der Waals surface area contributed by atoms with Crippen molar-refractivity contribution < 1.29 is 4.74 Å². The van der Waals surface area contributed by atoms with Gasteiger partial charge in [0, 0.05) is 0 Å². The van der Waals surface area contributed by atoms with E-state index in [2.05, 4.69) is 19.7 Å². The van der Waals surface area contributed by atoms with E-state index in [0.29, 0.717) is 11.5 Å². The lowest BCUT2D eigenvalue weighted by Gasteiger charge is -2.03. The topological polar surface area (TPSA) is 9.23 Å². The van der Waals surface area contributed by atoms with Crippen LogP contribution in [0.2, 0.25) is 0 Å². The van der Waals surface area contributed by atoms with E-state index in [0.717, 1.165) is 5.57 Å². The monoisotopic (exact) mass is 176 g/mol. The van der Waals surface area contributed by atoms with Crippen molar-refractivity contribution in [3.8, 4) is 0 Å². The van der Waals surface area contributed by atoms with E-state index in [9.17, 15) is 0 Å². The van der Waals surface area contributed by atoms with Gasteiger partial charge in [-0.1, -0.05) is 37.5 Å². The van der Waals surface area contributed by atoms with Crippen LogP contribution in [0.3, 0.4) is 0 Å². The summed E-state index contributed by atoms with van der Waals surface area (Å²) in [7, 11) is 0. The van der Waals surface area contributed by atoms with Crippen LogP contribution < -0.4 is 0 Å². The Hall–Kier alpha value is -1.50. The second-order valence-corrected chi connectivity index (χ2v) is 2.71. The summed E-state index contributed by atoms with van der Waals surface area (Å²) in [5, 5.41) is 0. The predicted octanol–water partition coefficient (Wildman–Crippen LogP) is 3.74. The summed E-state index contributed by atoms with van der Waals surface area (Å²) in [5.41, 5.74) is 0.960. The Morgan fingerprint density at radius 2 is 1.54 bits per heavy atom. The van der Waals surface area contributed by atoms with E-state index in [4.69, 9.17) is 4.74 Å². The molecule has 0 saturated heterocycles. The average molecular weight is 176 g/mol. The first-order valence-corrected chi connectivity index (χ1v) is 4.08. The molecule has 0 amide bonds. The molecule has 0 aliphatic carbocycles. The van der Waals surface area contributed by atoms with Crippen LogP contribution in [-0.4, -0.2) is 0 Å². The molecule has 0 bridgehead atoms. The molecule has 0 saturated carbocycles. The molecule has 13 heavy (non-hydrogen) atoms. The largest absolute Gasteiger partial charge is 0.459 e. The molecular weight excluding hydrogens is 160 g/mol. The fourth-order valence-corrected chi connectivity index (χ4v) is 0.658. The standard InChI is InChI=1S/C12H16O/c1-6-7-11(4)13-12(5)9-8-10(2)3/h6-9H,2,4-5H2,1,3H3/b7-6-,9-8-. The Balaban J connectivity index is 4.02. The molecular formula is C12H16O. The van der Waals surface area contributed by atoms with Crippen molar-refractivity contribution in [2.75, 3.05) is 0 Å². The lowest BCUT2D eigenvalue weighted by atomic mass is 10.3. The van der Waals surface area contributed by atoms with E-state index in [1.54, 1.807) is 12.2 Å². The summed E-state index contributed by atoms with van der Waals surface area (Å²) >= 11 is 0. The Kier molecular flexibility index (Phi) is 5.37. The zero-order valence-corrected chi connectivity index (χ0v) is 8.34. The van der Waals surface area contributed by atoms with E-state index >= 15 is 0 Å². The van der Waals surface area contributed by atoms with Crippen molar-refractivity contribution >= 4 is 0 Å². The molecule has 0 aliphatic rings. The molecule has 0 aromatic rings. The normalized spacial score (nSPS) is 10.6. The minimum absolute atomic E-state index is 0.561. The summed E-state index contributed by atoms with van der Waals surface area (Å²) in [6, 6.07) is 0. The van der Waals surface area contributed by atoms with Gasteiger partial charge in [0.1, 0.15) is 11.5 Å². The van der Waals surface area contributed by atoms with Crippen molar-refractivity contribution in [1.82, 2.24) is 0 Å². The molecule has 0 radical (unpaired) electrons. The quantitative estimate of drug-likeness (QED) is 0.458. The summed E-state index contributed by atoms with van der Waals surface area (Å²) < 4.78 is 5.24. The molecule has 0 unspecified atom stereocenters. The maximum atomic E-state index is 5.24. The molecule has 0 N–H and O–H groups in total. The van der Waals surface area contributed by atoms with Crippen molar-refractivity contribution in [3.05, 3.63) is 61.1 Å². The van der Waals surface area contributed by atoms with Gasteiger partial charge in [-0.25, -0.2) is 0 Å². The minimum atomic E-state index is 0.561. The smallest absolute Gasteiger partial charge is 0.120 e. The van der Waals surface area contributed by atoms with Crippen LogP contribution in [0.25, 0.3) is 0 Å². The summed E-state index contributed by atoms with van der Waals surface area (Å²) in [6.07, 6.45) is 7.24. The Labute approximate surface area is 80.4 Å². The molecule has 0 aliphatic heterocycles. The summed E-state index contributed by atoms with van der Waals surface area (Å²) in [4.78, 5) is 0. The van der Waals surface area contributed by atoms with E-state index in [-0.39, 0.29) is 0 Å². The molecule has 0 spiro atoms. The highest BCUT2D eigenvalue weighted by atomic mass is 16.5. The van der Waals surface area contributed by atoms with Gasteiger partial charge in [-0.05, 0) is 26.0 Å². The summed E-state index contributed by atoms with van der Waals surface area (Å²) in [6.45, 7) is 14.9. The maximum Gasteiger partial charge on any atom is 0.120 e. The second kappa shape index (κ2) is 6.06. The highest BCUT2D eigenvalue weighted by molar-refractivity contribution is 5.21. The highest BCUT2D eigenvalue weighted by Crippen LogP contribution is 2.06. The van der Waals surface area contributed by atoms with Crippen molar-refractivity contribution in [2.45, 2.75) is 13.8 Å². The first kappa shape index (κ1) is 11.5. The van der Waals surface area contributed by atoms with Crippen LogP contribution in [0, 0.1) is 0 Å². The van der Waals surface area contributed by atoms with Gasteiger partial charge in [-0.3, -0.25) is 0 Å². The van der Waals surface area contributed by atoms with Gasteiger partial charge in [0.05, 0.1) is 0 Å². The van der Waals surface area contributed by atoms with Crippen LogP contribution in [0.4, 0.5) is 0 Å². The van der Waals surface area contributed by atoms with Crippen LogP contribution in [0.15, 0.2) is 61.1 Å². The molecule has 1 heteroatoms. The SMILES string of the molecule is C=C(C)/C=C\C(=C)OC(=C)/C=C\C. The molecule has 70 valence electrons. The molecule has 0 aromatic carbocycles. The van der Waals surface area contributed by atoms with Crippen LogP contribution >= 0.6 is 0 Å². The van der Waals surface area contributed by atoms with Gasteiger partial charge in [0.2, 0.25) is 0 Å². The minimum Gasteiger partial charge on any atom is -0.459 e. The molecule has 0 atom stereocenters. The number of ether oxygens (including phenoxy) is 1. The van der Waals surface area contributed by atoms with Gasteiger partial charge in [0.25, 0.3) is 0 Å². The number of allylic oxidation sites excluding steroid dienone is 5. The van der Waals surface area contributed by atoms with Gasteiger partial charge in [-0.15, -0.1) is 0 Å². The maximum absolute atomic E-state index is 5.24. The molecule has 1 nitrogen and oxygen atoms in total. The van der Waals surface area contributed by atoms with Gasteiger partial charge in [-0.2, -0.15) is 0 Å². The van der Waals surface area contributed by atoms with Crippen LogP contribution in [0.1, 0.15) is 13.8 Å². The van der Waals surface area contributed by atoms with Gasteiger partial charge in [0.15, 0.2) is 0 Å². The van der Waals surface area contributed by atoms with Crippen LogP contribution in [0.5, 0.6) is 0 Å². The number of hydrogen-bond donors (Lipinski definition) is 0. The van der Waals surface area contributed by atoms with E-state index in [1.165, 1.54) is 0 Å². The van der Waals surface area contributed by atoms with Gasteiger partial charge >= 0.3 is 0 Å². The Morgan fingerprint density at radius 3 is 2.00 bits per heavy atom. The third-order valence-corrected chi connectivity index (χ3v) is 1.17. The lowest BCUT2D eigenvalue weighted by molar-refractivity contribution is 0.340. The average Bonchev–Trinajstić information content (AvgIpc) is 2.01. The second-order valence-electron chi connectivity index (χ2n) is 2.71. The third kappa shape index (κ3) is 6.88. The fraction of sp³-hybridized carbons (Fsp3) is 0.167.